The largest absolute Gasteiger partial charge is 0.338 e. The van der Waals surface area contributed by atoms with Crippen LogP contribution in [0, 0.1) is 5.92 Å². The number of carbonyl (C=O) groups excluding carboxylic acids is 1. The van der Waals surface area contributed by atoms with E-state index in [-0.39, 0.29) is 5.92 Å². The molecule has 0 N–H and O–H groups in total. The van der Waals surface area contributed by atoms with Gasteiger partial charge in [0.1, 0.15) is 5.78 Å². The van der Waals surface area contributed by atoms with Crippen molar-refractivity contribution < 1.29 is 9.32 Å². The number of rotatable bonds is 4. The first kappa shape index (κ1) is 12.5. The van der Waals surface area contributed by atoms with Crippen molar-refractivity contribution in [1.29, 1.82) is 0 Å². The first-order valence-corrected chi connectivity index (χ1v) is 7.90. The Morgan fingerprint density at radius 3 is 2.85 bits per heavy atom. The average molecular weight is 275 g/mol. The molecule has 4 rings (SSSR count). The summed E-state index contributed by atoms with van der Waals surface area (Å²) in [6.07, 6.45) is 7.63. The maximum absolute atomic E-state index is 12.0. The van der Waals surface area contributed by atoms with E-state index in [0.29, 0.717) is 24.3 Å². The fourth-order valence-corrected chi connectivity index (χ4v) is 3.77. The zero-order chi connectivity index (χ0) is 13.5. The lowest BCUT2D eigenvalue weighted by atomic mass is 9.95. The standard InChI is InChI=1S/C15H21N3O2/c19-13-5-1-3-11(13)12-4-2-8-18(12)9-14-16-15(17-20-14)10-6-7-10/h10-12H,1-9H2. The van der Waals surface area contributed by atoms with Crippen LogP contribution < -0.4 is 0 Å². The number of Topliss-reactive ketones (excluding diaryl/α,β-unsaturated/α-hetero) is 1. The van der Waals surface area contributed by atoms with Crippen molar-refractivity contribution in [1.82, 2.24) is 15.0 Å². The van der Waals surface area contributed by atoms with Crippen molar-refractivity contribution in [3.05, 3.63) is 11.7 Å². The molecule has 3 aliphatic rings. The van der Waals surface area contributed by atoms with Gasteiger partial charge in [-0.2, -0.15) is 4.98 Å². The predicted octanol–water partition coefficient (Wildman–Crippen LogP) is 2.28. The quantitative estimate of drug-likeness (QED) is 0.843. The lowest BCUT2D eigenvalue weighted by Gasteiger charge is -2.27. The molecule has 2 atom stereocenters. The van der Waals surface area contributed by atoms with Gasteiger partial charge in [0.15, 0.2) is 5.82 Å². The Labute approximate surface area is 118 Å². The highest BCUT2D eigenvalue weighted by molar-refractivity contribution is 5.83. The average Bonchev–Trinajstić information content (AvgIpc) is 2.85. The highest BCUT2D eigenvalue weighted by atomic mass is 16.5. The second-order valence-electron chi connectivity index (χ2n) is 6.47. The Morgan fingerprint density at radius 1 is 1.20 bits per heavy atom. The fourth-order valence-electron chi connectivity index (χ4n) is 3.77. The van der Waals surface area contributed by atoms with Crippen LogP contribution >= 0.6 is 0 Å². The van der Waals surface area contributed by atoms with Gasteiger partial charge in [0.05, 0.1) is 6.54 Å². The second-order valence-corrected chi connectivity index (χ2v) is 6.47. The monoisotopic (exact) mass is 275 g/mol. The zero-order valence-electron chi connectivity index (χ0n) is 11.8. The molecule has 1 saturated heterocycles. The van der Waals surface area contributed by atoms with Gasteiger partial charge < -0.3 is 4.52 Å². The maximum Gasteiger partial charge on any atom is 0.240 e. The van der Waals surface area contributed by atoms with Crippen LogP contribution in [0.2, 0.25) is 0 Å². The lowest BCUT2D eigenvalue weighted by Crippen LogP contribution is -2.37. The van der Waals surface area contributed by atoms with Crippen molar-refractivity contribution in [2.75, 3.05) is 6.54 Å². The molecule has 0 aromatic carbocycles. The molecule has 0 amide bonds. The fraction of sp³-hybridized carbons (Fsp3) is 0.800. The molecule has 5 nitrogen and oxygen atoms in total. The lowest BCUT2D eigenvalue weighted by molar-refractivity contribution is -0.122. The third-order valence-corrected chi connectivity index (χ3v) is 5.00. The first-order chi connectivity index (χ1) is 9.81. The summed E-state index contributed by atoms with van der Waals surface area (Å²) in [5.74, 6) is 2.87. The Hall–Kier alpha value is -1.23. The summed E-state index contributed by atoms with van der Waals surface area (Å²) in [7, 11) is 0. The van der Waals surface area contributed by atoms with Gasteiger partial charge in [-0.15, -0.1) is 0 Å². The van der Waals surface area contributed by atoms with Gasteiger partial charge in [0.2, 0.25) is 5.89 Å². The van der Waals surface area contributed by atoms with Gasteiger partial charge in [-0.3, -0.25) is 9.69 Å². The number of aromatic nitrogens is 2. The van der Waals surface area contributed by atoms with Gasteiger partial charge in [0.25, 0.3) is 0 Å². The van der Waals surface area contributed by atoms with Gasteiger partial charge in [-0.05, 0) is 45.1 Å². The van der Waals surface area contributed by atoms with E-state index >= 15 is 0 Å². The third-order valence-electron chi connectivity index (χ3n) is 5.00. The van der Waals surface area contributed by atoms with E-state index in [2.05, 4.69) is 15.0 Å². The summed E-state index contributed by atoms with van der Waals surface area (Å²) in [5, 5.41) is 4.08. The van der Waals surface area contributed by atoms with E-state index < -0.39 is 0 Å². The minimum Gasteiger partial charge on any atom is -0.338 e. The van der Waals surface area contributed by atoms with Crippen molar-refractivity contribution in [3.8, 4) is 0 Å². The van der Waals surface area contributed by atoms with Crippen LogP contribution in [0.3, 0.4) is 0 Å². The SMILES string of the molecule is O=C1CCCC1C1CCCN1Cc1nc(C2CC2)no1. The van der Waals surface area contributed by atoms with Crippen LogP contribution in [0.4, 0.5) is 0 Å². The molecule has 0 radical (unpaired) electrons. The molecular formula is C15H21N3O2. The summed E-state index contributed by atoms with van der Waals surface area (Å²) in [5.41, 5.74) is 0. The Kier molecular flexibility index (Phi) is 3.10. The van der Waals surface area contributed by atoms with Crippen LogP contribution in [0.15, 0.2) is 4.52 Å². The van der Waals surface area contributed by atoms with Crippen molar-refractivity contribution in [2.45, 2.75) is 63.5 Å². The summed E-state index contributed by atoms with van der Waals surface area (Å²) < 4.78 is 5.38. The topological polar surface area (TPSA) is 59.2 Å². The molecule has 2 aliphatic carbocycles. The molecule has 1 aliphatic heterocycles. The molecule has 3 fully saturated rings. The molecule has 1 aromatic rings. The molecule has 108 valence electrons. The summed E-state index contributed by atoms with van der Waals surface area (Å²) in [6, 6.07) is 0.404. The minimum atomic E-state index is 0.253. The molecule has 2 saturated carbocycles. The van der Waals surface area contributed by atoms with Crippen molar-refractivity contribution >= 4 is 5.78 Å². The Bertz CT molecular complexity index is 509. The van der Waals surface area contributed by atoms with Gasteiger partial charge in [-0.1, -0.05) is 5.16 Å². The molecule has 2 unspecified atom stereocenters. The Morgan fingerprint density at radius 2 is 2.10 bits per heavy atom. The number of hydrogen-bond donors (Lipinski definition) is 0. The van der Waals surface area contributed by atoms with E-state index in [1.54, 1.807) is 0 Å². The van der Waals surface area contributed by atoms with Gasteiger partial charge >= 0.3 is 0 Å². The molecule has 20 heavy (non-hydrogen) atoms. The molecule has 5 heteroatoms. The van der Waals surface area contributed by atoms with E-state index in [4.69, 9.17) is 4.52 Å². The van der Waals surface area contributed by atoms with E-state index in [9.17, 15) is 4.79 Å². The van der Waals surface area contributed by atoms with Gasteiger partial charge in [0, 0.05) is 24.3 Å². The zero-order valence-corrected chi connectivity index (χ0v) is 11.8. The number of carbonyl (C=O) groups is 1. The number of likely N-dealkylation sites (tertiary alicyclic amines) is 1. The summed E-state index contributed by atoms with van der Waals surface area (Å²) in [6.45, 7) is 1.77. The van der Waals surface area contributed by atoms with E-state index in [1.807, 2.05) is 0 Å². The second kappa shape index (κ2) is 4.95. The van der Waals surface area contributed by atoms with E-state index in [0.717, 1.165) is 43.9 Å². The van der Waals surface area contributed by atoms with Crippen LogP contribution in [0.1, 0.15) is 62.6 Å². The maximum atomic E-state index is 12.0. The van der Waals surface area contributed by atoms with Crippen molar-refractivity contribution in [2.24, 2.45) is 5.92 Å². The molecule has 0 spiro atoms. The highest BCUT2D eigenvalue weighted by Crippen LogP contribution is 2.38. The summed E-state index contributed by atoms with van der Waals surface area (Å²) in [4.78, 5) is 18.9. The van der Waals surface area contributed by atoms with Crippen molar-refractivity contribution in [3.63, 3.8) is 0 Å². The molecule has 1 aromatic heterocycles. The first-order valence-electron chi connectivity index (χ1n) is 7.90. The van der Waals surface area contributed by atoms with Crippen LogP contribution in [-0.2, 0) is 11.3 Å². The van der Waals surface area contributed by atoms with Crippen LogP contribution in [-0.4, -0.2) is 33.4 Å². The van der Waals surface area contributed by atoms with Crippen LogP contribution in [0.25, 0.3) is 0 Å². The number of nitrogens with zero attached hydrogens (tertiary/aromatic N) is 3. The van der Waals surface area contributed by atoms with E-state index in [1.165, 1.54) is 19.3 Å². The normalized spacial score (nSPS) is 31.3. The third kappa shape index (κ3) is 2.28. The minimum absolute atomic E-state index is 0.253. The number of hydrogen-bond acceptors (Lipinski definition) is 5. The highest BCUT2D eigenvalue weighted by Gasteiger charge is 2.38. The smallest absolute Gasteiger partial charge is 0.240 e. The molecule has 0 bridgehead atoms. The summed E-state index contributed by atoms with van der Waals surface area (Å²) >= 11 is 0. The van der Waals surface area contributed by atoms with Crippen LogP contribution in [0.5, 0.6) is 0 Å². The predicted molar refractivity (Wildman–Crippen MR) is 72.1 cm³/mol. The molecular weight excluding hydrogens is 254 g/mol. The van der Waals surface area contributed by atoms with Gasteiger partial charge in [-0.25, -0.2) is 0 Å². The number of ketones is 1. The Balaban J connectivity index is 1.44. The molecule has 2 heterocycles.